The molecule has 90 valence electrons. The molecular weight excluding hydrogens is 214 g/mol. The van der Waals surface area contributed by atoms with E-state index in [0.717, 1.165) is 24.9 Å². The van der Waals surface area contributed by atoms with Crippen molar-refractivity contribution < 1.29 is 4.74 Å². The van der Waals surface area contributed by atoms with Gasteiger partial charge in [-0.1, -0.05) is 6.07 Å². The highest BCUT2D eigenvalue weighted by atomic mass is 16.5. The SMILES string of the molecule is COC1(CNCc2cccnc2C#N)CCC1. The van der Waals surface area contributed by atoms with Gasteiger partial charge in [0.05, 0.1) is 5.60 Å². The predicted molar refractivity (Wildman–Crippen MR) is 64.2 cm³/mol. The molecule has 1 N–H and O–H groups in total. The summed E-state index contributed by atoms with van der Waals surface area (Å²) < 4.78 is 5.53. The van der Waals surface area contributed by atoms with Crippen LogP contribution in [-0.4, -0.2) is 24.2 Å². The first-order valence-electron chi connectivity index (χ1n) is 5.89. The van der Waals surface area contributed by atoms with Crippen LogP contribution in [-0.2, 0) is 11.3 Å². The van der Waals surface area contributed by atoms with Crippen LogP contribution in [0.5, 0.6) is 0 Å². The van der Waals surface area contributed by atoms with Crippen molar-refractivity contribution in [1.29, 1.82) is 5.26 Å². The lowest BCUT2D eigenvalue weighted by Crippen LogP contribution is -2.47. The lowest BCUT2D eigenvalue weighted by atomic mass is 9.80. The summed E-state index contributed by atoms with van der Waals surface area (Å²) in [5.41, 5.74) is 1.47. The minimum atomic E-state index is 0.0228. The van der Waals surface area contributed by atoms with Crippen LogP contribution in [0.4, 0.5) is 0 Å². The highest BCUT2D eigenvalue weighted by Crippen LogP contribution is 2.34. The number of aromatic nitrogens is 1. The summed E-state index contributed by atoms with van der Waals surface area (Å²) >= 11 is 0. The summed E-state index contributed by atoms with van der Waals surface area (Å²) in [5, 5.41) is 12.3. The average Bonchev–Trinajstić information content (AvgIpc) is 2.33. The van der Waals surface area contributed by atoms with Gasteiger partial charge in [0.15, 0.2) is 0 Å². The normalized spacial score (nSPS) is 17.2. The Hall–Kier alpha value is -1.44. The van der Waals surface area contributed by atoms with Crippen molar-refractivity contribution in [2.45, 2.75) is 31.4 Å². The van der Waals surface area contributed by atoms with Crippen molar-refractivity contribution >= 4 is 0 Å². The molecule has 1 aliphatic rings. The molecule has 1 fully saturated rings. The Morgan fingerprint density at radius 3 is 3.00 bits per heavy atom. The first-order valence-corrected chi connectivity index (χ1v) is 5.89. The Morgan fingerprint density at radius 1 is 1.59 bits per heavy atom. The maximum atomic E-state index is 8.92. The molecule has 4 heteroatoms. The van der Waals surface area contributed by atoms with E-state index in [-0.39, 0.29) is 5.60 Å². The van der Waals surface area contributed by atoms with Crippen LogP contribution in [0.25, 0.3) is 0 Å². The van der Waals surface area contributed by atoms with Gasteiger partial charge < -0.3 is 10.1 Å². The summed E-state index contributed by atoms with van der Waals surface area (Å²) in [7, 11) is 1.77. The van der Waals surface area contributed by atoms with Gasteiger partial charge in [0.2, 0.25) is 0 Å². The van der Waals surface area contributed by atoms with Crippen LogP contribution in [0, 0.1) is 11.3 Å². The fourth-order valence-corrected chi connectivity index (χ4v) is 2.13. The van der Waals surface area contributed by atoms with Crippen LogP contribution in [0.2, 0.25) is 0 Å². The van der Waals surface area contributed by atoms with Gasteiger partial charge in [-0.05, 0) is 25.3 Å². The van der Waals surface area contributed by atoms with Gasteiger partial charge in [-0.25, -0.2) is 4.98 Å². The van der Waals surface area contributed by atoms with Crippen molar-refractivity contribution in [3.63, 3.8) is 0 Å². The molecule has 1 heterocycles. The van der Waals surface area contributed by atoms with Crippen molar-refractivity contribution in [3.8, 4) is 6.07 Å². The molecule has 0 saturated heterocycles. The maximum absolute atomic E-state index is 8.92. The molecule has 2 rings (SSSR count). The first kappa shape index (κ1) is 12.0. The van der Waals surface area contributed by atoms with Crippen LogP contribution in [0.3, 0.4) is 0 Å². The van der Waals surface area contributed by atoms with E-state index in [0.29, 0.717) is 12.2 Å². The summed E-state index contributed by atoms with van der Waals surface area (Å²) in [5.74, 6) is 0. The van der Waals surface area contributed by atoms with Crippen molar-refractivity contribution in [2.75, 3.05) is 13.7 Å². The number of hydrogen-bond donors (Lipinski definition) is 1. The first-order chi connectivity index (χ1) is 8.29. The van der Waals surface area contributed by atoms with E-state index in [1.165, 1.54) is 6.42 Å². The van der Waals surface area contributed by atoms with Crippen LogP contribution < -0.4 is 5.32 Å². The monoisotopic (exact) mass is 231 g/mol. The van der Waals surface area contributed by atoms with Gasteiger partial charge >= 0.3 is 0 Å². The number of rotatable bonds is 5. The molecule has 1 saturated carbocycles. The number of pyridine rings is 1. The van der Waals surface area contributed by atoms with E-state index >= 15 is 0 Å². The highest BCUT2D eigenvalue weighted by Gasteiger charge is 2.36. The molecule has 1 aromatic heterocycles. The highest BCUT2D eigenvalue weighted by molar-refractivity contribution is 5.30. The lowest BCUT2D eigenvalue weighted by Gasteiger charge is -2.40. The topological polar surface area (TPSA) is 57.9 Å². The van der Waals surface area contributed by atoms with E-state index < -0.39 is 0 Å². The molecule has 17 heavy (non-hydrogen) atoms. The van der Waals surface area contributed by atoms with Gasteiger partial charge in [-0.3, -0.25) is 0 Å². The van der Waals surface area contributed by atoms with E-state index in [2.05, 4.69) is 16.4 Å². The lowest BCUT2D eigenvalue weighted by molar-refractivity contribution is -0.0695. The Labute approximate surface area is 102 Å². The summed E-state index contributed by atoms with van der Waals surface area (Å²) in [6.07, 6.45) is 5.12. The van der Waals surface area contributed by atoms with Crippen molar-refractivity contribution in [2.24, 2.45) is 0 Å². The van der Waals surface area contributed by atoms with Crippen LogP contribution >= 0.6 is 0 Å². The standard InChI is InChI=1S/C13H17N3O/c1-17-13(5-3-6-13)10-15-9-11-4-2-7-16-12(11)8-14/h2,4,7,15H,3,5-6,9-10H2,1H3. The Bertz CT molecular complexity index is 415. The third-order valence-corrected chi connectivity index (χ3v) is 3.46. The van der Waals surface area contributed by atoms with Gasteiger partial charge in [0, 0.05) is 32.0 Å². The summed E-state index contributed by atoms with van der Waals surface area (Å²) in [6.45, 7) is 1.51. The minimum Gasteiger partial charge on any atom is -0.377 e. The third kappa shape index (κ3) is 2.63. The third-order valence-electron chi connectivity index (χ3n) is 3.46. The predicted octanol–water partition coefficient (Wildman–Crippen LogP) is 1.61. The van der Waals surface area contributed by atoms with Gasteiger partial charge in [-0.15, -0.1) is 0 Å². The molecule has 0 amide bonds. The van der Waals surface area contributed by atoms with Crippen LogP contribution in [0.1, 0.15) is 30.5 Å². The Balaban J connectivity index is 1.88. The molecular formula is C13H17N3O. The van der Waals surface area contributed by atoms with E-state index in [4.69, 9.17) is 10.00 Å². The van der Waals surface area contributed by atoms with E-state index in [9.17, 15) is 0 Å². The second kappa shape index (κ2) is 5.26. The molecule has 0 spiro atoms. The number of ether oxygens (including phenoxy) is 1. The minimum absolute atomic E-state index is 0.0228. The second-order valence-corrected chi connectivity index (χ2v) is 4.47. The summed E-state index contributed by atoms with van der Waals surface area (Å²) in [6, 6.07) is 5.89. The summed E-state index contributed by atoms with van der Waals surface area (Å²) in [4.78, 5) is 4.03. The number of nitriles is 1. The van der Waals surface area contributed by atoms with E-state index in [1.54, 1.807) is 13.3 Å². The zero-order chi connectivity index (χ0) is 12.1. The number of methoxy groups -OCH3 is 1. The molecule has 0 aliphatic heterocycles. The zero-order valence-corrected chi connectivity index (χ0v) is 10.1. The Kier molecular flexibility index (Phi) is 3.72. The molecule has 4 nitrogen and oxygen atoms in total. The second-order valence-electron chi connectivity index (χ2n) is 4.47. The number of hydrogen-bond acceptors (Lipinski definition) is 4. The molecule has 1 aliphatic carbocycles. The van der Waals surface area contributed by atoms with Gasteiger partial charge in [0.1, 0.15) is 11.8 Å². The molecule has 0 atom stereocenters. The van der Waals surface area contributed by atoms with Gasteiger partial charge in [0.25, 0.3) is 0 Å². The fraction of sp³-hybridized carbons (Fsp3) is 0.538. The Morgan fingerprint density at radius 2 is 2.41 bits per heavy atom. The molecule has 1 aromatic rings. The molecule has 0 bridgehead atoms. The smallest absolute Gasteiger partial charge is 0.144 e. The fourth-order valence-electron chi connectivity index (χ4n) is 2.13. The quantitative estimate of drug-likeness (QED) is 0.836. The van der Waals surface area contributed by atoms with Crippen LogP contribution in [0.15, 0.2) is 18.3 Å². The molecule has 0 aromatic carbocycles. The number of nitrogens with one attached hydrogen (secondary N) is 1. The zero-order valence-electron chi connectivity index (χ0n) is 10.1. The van der Waals surface area contributed by atoms with Crippen molar-refractivity contribution in [3.05, 3.63) is 29.6 Å². The van der Waals surface area contributed by atoms with E-state index in [1.807, 2.05) is 12.1 Å². The number of nitrogens with zero attached hydrogens (tertiary/aromatic N) is 2. The molecule has 0 radical (unpaired) electrons. The molecule has 0 unspecified atom stereocenters. The van der Waals surface area contributed by atoms with Gasteiger partial charge in [-0.2, -0.15) is 5.26 Å². The van der Waals surface area contributed by atoms with Crippen molar-refractivity contribution in [1.82, 2.24) is 10.3 Å². The maximum Gasteiger partial charge on any atom is 0.144 e. The average molecular weight is 231 g/mol. The largest absolute Gasteiger partial charge is 0.377 e.